The second-order valence-electron chi connectivity index (χ2n) is 7.38. The molecule has 1 saturated carbocycles. The first-order chi connectivity index (χ1) is 12.0. The van der Waals surface area contributed by atoms with Gasteiger partial charge in [0.1, 0.15) is 17.3 Å². The smallest absolute Gasteiger partial charge is 0.320 e. The van der Waals surface area contributed by atoms with Gasteiger partial charge < -0.3 is 15.2 Å². The first-order valence-corrected chi connectivity index (χ1v) is 9.11. The van der Waals surface area contributed by atoms with Gasteiger partial charge in [-0.15, -0.1) is 0 Å². The van der Waals surface area contributed by atoms with Crippen LogP contribution >= 0.6 is 0 Å². The van der Waals surface area contributed by atoms with Gasteiger partial charge >= 0.3 is 6.01 Å². The van der Waals surface area contributed by atoms with Crippen molar-refractivity contribution in [1.29, 1.82) is 0 Å². The molecule has 1 aliphatic carbocycles. The average Bonchev–Trinajstić information content (AvgIpc) is 3.13. The Morgan fingerprint density at radius 3 is 2.60 bits per heavy atom. The topological polar surface area (TPSA) is 108 Å². The van der Waals surface area contributed by atoms with Crippen molar-refractivity contribution in [1.82, 2.24) is 19.7 Å². The van der Waals surface area contributed by atoms with Gasteiger partial charge in [-0.1, -0.05) is 6.92 Å². The molecule has 0 radical (unpaired) electrons. The number of hydrogen-bond acceptors (Lipinski definition) is 6. The molecule has 2 aromatic heterocycles. The van der Waals surface area contributed by atoms with Gasteiger partial charge in [-0.2, -0.15) is 9.97 Å². The van der Waals surface area contributed by atoms with Crippen LogP contribution in [0, 0.1) is 5.92 Å². The highest BCUT2D eigenvalue weighted by molar-refractivity contribution is 5.85. The lowest BCUT2D eigenvalue weighted by atomic mass is 9.89. The van der Waals surface area contributed by atoms with Crippen molar-refractivity contribution in [2.45, 2.75) is 70.8 Å². The zero-order chi connectivity index (χ0) is 17.6. The molecule has 3 N–H and O–H groups in total. The van der Waals surface area contributed by atoms with E-state index in [1.54, 1.807) is 4.68 Å². The summed E-state index contributed by atoms with van der Waals surface area (Å²) in [5.74, 6) is 0.889. The number of aromatic nitrogens is 4. The fourth-order valence-electron chi connectivity index (χ4n) is 3.78. The van der Waals surface area contributed by atoms with Crippen LogP contribution in [0.1, 0.15) is 58.6 Å². The van der Waals surface area contributed by atoms with E-state index in [9.17, 15) is 4.79 Å². The Kier molecular flexibility index (Phi) is 4.15. The van der Waals surface area contributed by atoms with Crippen molar-refractivity contribution in [3.8, 4) is 6.01 Å². The Morgan fingerprint density at radius 2 is 1.92 bits per heavy atom. The number of H-pyrrole nitrogens is 1. The number of hydrogen-bond donors (Lipinski definition) is 2. The van der Waals surface area contributed by atoms with Crippen LogP contribution in [-0.2, 0) is 4.74 Å². The van der Waals surface area contributed by atoms with Crippen molar-refractivity contribution in [2.24, 2.45) is 5.92 Å². The van der Waals surface area contributed by atoms with Crippen LogP contribution < -0.4 is 16.0 Å². The summed E-state index contributed by atoms with van der Waals surface area (Å²) in [7, 11) is 0. The summed E-state index contributed by atoms with van der Waals surface area (Å²) in [6.45, 7) is 4.28. The number of nitrogens with two attached hydrogens (primary N) is 1. The molecule has 3 heterocycles. The number of ether oxygens (including phenoxy) is 2. The molecular weight excluding hydrogens is 322 g/mol. The normalized spacial score (nSPS) is 30.0. The van der Waals surface area contributed by atoms with Crippen molar-refractivity contribution in [3.63, 3.8) is 0 Å². The van der Waals surface area contributed by atoms with E-state index in [0.29, 0.717) is 11.0 Å². The second kappa shape index (κ2) is 6.33. The number of nitrogens with zero attached hydrogens (tertiary/aromatic N) is 3. The summed E-state index contributed by atoms with van der Waals surface area (Å²) >= 11 is 0. The van der Waals surface area contributed by atoms with E-state index in [-0.39, 0.29) is 35.8 Å². The molecule has 2 atom stereocenters. The third-order valence-electron chi connectivity index (χ3n) is 5.31. The van der Waals surface area contributed by atoms with Gasteiger partial charge in [0, 0.05) is 0 Å². The van der Waals surface area contributed by atoms with Crippen LogP contribution in [0.3, 0.4) is 0 Å². The summed E-state index contributed by atoms with van der Waals surface area (Å²) in [5, 5.41) is 3.09. The molecule has 8 heteroatoms. The summed E-state index contributed by atoms with van der Waals surface area (Å²) in [6.07, 6.45) is 6.06. The monoisotopic (exact) mass is 347 g/mol. The highest BCUT2D eigenvalue weighted by atomic mass is 16.5. The molecule has 2 aromatic rings. The predicted molar refractivity (Wildman–Crippen MR) is 93.4 cm³/mol. The van der Waals surface area contributed by atoms with Crippen molar-refractivity contribution < 1.29 is 9.47 Å². The van der Waals surface area contributed by atoms with Gasteiger partial charge in [-0.25, -0.2) is 4.68 Å². The molecule has 0 spiro atoms. The van der Waals surface area contributed by atoms with E-state index < -0.39 is 0 Å². The predicted octanol–water partition coefficient (Wildman–Crippen LogP) is 2.36. The lowest BCUT2D eigenvalue weighted by Crippen LogP contribution is -2.24. The van der Waals surface area contributed by atoms with E-state index in [1.165, 1.54) is 0 Å². The Labute approximate surface area is 145 Å². The van der Waals surface area contributed by atoms with Gasteiger partial charge in [-0.3, -0.25) is 9.89 Å². The van der Waals surface area contributed by atoms with Gasteiger partial charge in [0.05, 0.1) is 6.10 Å². The lowest BCUT2D eigenvalue weighted by molar-refractivity contribution is 0.00542. The van der Waals surface area contributed by atoms with Crippen LogP contribution in [0.15, 0.2) is 4.79 Å². The second-order valence-corrected chi connectivity index (χ2v) is 7.38. The molecule has 4 rings (SSSR count). The Hall–Kier alpha value is -2.09. The molecule has 1 aliphatic heterocycles. The van der Waals surface area contributed by atoms with Crippen LogP contribution in [0.25, 0.3) is 11.0 Å². The fraction of sp³-hybridized carbons (Fsp3) is 0.706. The zero-order valence-corrected chi connectivity index (χ0v) is 14.7. The molecule has 25 heavy (non-hydrogen) atoms. The average molecular weight is 347 g/mol. The first-order valence-electron chi connectivity index (χ1n) is 9.11. The third-order valence-corrected chi connectivity index (χ3v) is 5.31. The quantitative estimate of drug-likeness (QED) is 0.882. The zero-order valence-electron chi connectivity index (χ0n) is 14.7. The molecule has 0 bridgehead atoms. The number of nitrogens with one attached hydrogen (secondary N) is 1. The Morgan fingerprint density at radius 1 is 1.16 bits per heavy atom. The summed E-state index contributed by atoms with van der Waals surface area (Å²) in [5.41, 5.74) is 6.18. The lowest BCUT2D eigenvalue weighted by Gasteiger charge is -2.26. The van der Waals surface area contributed by atoms with Crippen molar-refractivity contribution in [3.05, 3.63) is 10.4 Å². The van der Waals surface area contributed by atoms with E-state index in [1.807, 2.05) is 6.92 Å². The summed E-state index contributed by atoms with van der Waals surface area (Å²) in [4.78, 5) is 20.9. The minimum atomic E-state index is -0.298. The van der Waals surface area contributed by atoms with Crippen molar-refractivity contribution in [2.75, 3.05) is 5.73 Å². The number of anilines is 1. The molecule has 0 aromatic carbocycles. The van der Waals surface area contributed by atoms with Gasteiger partial charge in [0.25, 0.3) is 5.56 Å². The highest BCUT2D eigenvalue weighted by Gasteiger charge is 2.28. The van der Waals surface area contributed by atoms with Gasteiger partial charge in [0.2, 0.25) is 0 Å². The highest BCUT2D eigenvalue weighted by Crippen LogP contribution is 2.31. The SMILES string of the molecule is CC1CCC(Oc2nc(N)c3c(=O)[nH]n(C4CCC(C)O4)c3n2)CC1. The van der Waals surface area contributed by atoms with E-state index in [2.05, 4.69) is 22.0 Å². The Bertz CT molecular complexity index is 822. The molecule has 1 saturated heterocycles. The molecule has 0 amide bonds. The molecular formula is C17H25N5O3. The maximum Gasteiger partial charge on any atom is 0.320 e. The van der Waals surface area contributed by atoms with E-state index >= 15 is 0 Å². The van der Waals surface area contributed by atoms with Gasteiger partial charge in [-0.05, 0) is 51.4 Å². The molecule has 136 valence electrons. The minimum Gasteiger partial charge on any atom is -0.460 e. The van der Waals surface area contributed by atoms with Crippen molar-refractivity contribution >= 4 is 16.9 Å². The van der Waals surface area contributed by atoms with Crippen LogP contribution in [0.4, 0.5) is 5.82 Å². The van der Waals surface area contributed by atoms with E-state index in [4.69, 9.17) is 15.2 Å². The summed E-state index contributed by atoms with van der Waals surface area (Å²) < 4.78 is 13.5. The number of aromatic amines is 1. The maximum absolute atomic E-state index is 12.3. The number of fused-ring (bicyclic) bond motifs is 1. The largest absolute Gasteiger partial charge is 0.460 e. The fourth-order valence-corrected chi connectivity index (χ4v) is 3.78. The molecule has 2 fully saturated rings. The summed E-state index contributed by atoms with van der Waals surface area (Å²) in [6, 6.07) is 0.239. The van der Waals surface area contributed by atoms with Gasteiger partial charge in [0.15, 0.2) is 11.9 Å². The van der Waals surface area contributed by atoms with Crippen LogP contribution in [0.5, 0.6) is 6.01 Å². The minimum absolute atomic E-state index is 0.106. The Balaban J connectivity index is 1.66. The molecule has 2 unspecified atom stereocenters. The maximum atomic E-state index is 12.3. The molecule has 8 nitrogen and oxygen atoms in total. The van der Waals surface area contributed by atoms with Crippen LogP contribution in [-0.4, -0.2) is 32.0 Å². The van der Waals surface area contributed by atoms with Crippen LogP contribution in [0.2, 0.25) is 0 Å². The standard InChI is InChI=1S/C17H25N5O3/c1-9-3-6-11(7-4-9)25-17-19-14(18)13-15(20-17)22(21-16(13)23)12-8-5-10(2)24-12/h9-12H,3-8H2,1-2H3,(H,21,23)(H2,18,19,20). The first kappa shape index (κ1) is 16.4. The van der Waals surface area contributed by atoms with E-state index in [0.717, 1.165) is 44.4 Å². The number of rotatable bonds is 3. The molecule has 2 aliphatic rings. The number of nitrogen functional groups attached to an aromatic ring is 1. The third kappa shape index (κ3) is 3.10.